The number of benzene rings is 1. The van der Waals surface area contributed by atoms with Crippen molar-refractivity contribution in [2.45, 2.75) is 34.6 Å². The minimum atomic E-state index is 0.918. The second kappa shape index (κ2) is 10.4. The van der Waals surface area contributed by atoms with Crippen LogP contribution in [0.5, 0.6) is 0 Å². The van der Waals surface area contributed by atoms with Gasteiger partial charge < -0.3 is 0 Å². The summed E-state index contributed by atoms with van der Waals surface area (Å²) < 4.78 is 0. The average molecular weight is 306 g/mol. The number of hydrogen-bond acceptors (Lipinski definition) is 0. The molecule has 0 heterocycles. The molecule has 0 atom stereocenters. The van der Waals surface area contributed by atoms with Crippen LogP contribution in [0, 0.1) is 6.92 Å². The van der Waals surface area contributed by atoms with Crippen molar-refractivity contribution in [1.82, 2.24) is 0 Å². The minimum Gasteiger partial charge on any atom is -0.0958 e. The van der Waals surface area contributed by atoms with E-state index in [2.05, 4.69) is 45.4 Å². The normalized spacial score (nSPS) is 11.2. The summed E-state index contributed by atoms with van der Waals surface area (Å²) >= 11 is 0. The van der Waals surface area contributed by atoms with E-state index < -0.39 is 0 Å². The van der Waals surface area contributed by atoms with Gasteiger partial charge in [0.25, 0.3) is 0 Å². The van der Waals surface area contributed by atoms with Crippen LogP contribution in [0.1, 0.15) is 33.3 Å². The summed E-state index contributed by atoms with van der Waals surface area (Å²) in [6.45, 7) is 25.9. The predicted molar refractivity (Wildman–Crippen MR) is 107 cm³/mol. The Balaban J connectivity index is 0.000000568. The molecule has 122 valence electrons. The van der Waals surface area contributed by atoms with Crippen LogP contribution in [-0.4, -0.2) is 0 Å². The molecule has 1 rings (SSSR count). The van der Waals surface area contributed by atoms with Crippen molar-refractivity contribution in [3.63, 3.8) is 0 Å². The Morgan fingerprint density at radius 3 is 1.26 bits per heavy atom. The van der Waals surface area contributed by atoms with Gasteiger partial charge in [-0.05, 0) is 56.9 Å². The molecule has 0 saturated heterocycles. The van der Waals surface area contributed by atoms with Gasteiger partial charge in [-0.15, -0.1) is 0 Å². The third kappa shape index (κ3) is 9.31. The zero-order valence-electron chi connectivity index (χ0n) is 15.4. The van der Waals surface area contributed by atoms with E-state index in [9.17, 15) is 0 Å². The van der Waals surface area contributed by atoms with Gasteiger partial charge in [0.1, 0.15) is 0 Å². The summed E-state index contributed by atoms with van der Waals surface area (Å²) in [6.07, 6.45) is 4.01. The monoisotopic (exact) mass is 306 g/mol. The lowest BCUT2D eigenvalue weighted by Gasteiger charge is -2.05. The highest BCUT2D eigenvalue weighted by Gasteiger charge is 1.98. The summed E-state index contributed by atoms with van der Waals surface area (Å²) in [5, 5.41) is 0. The highest BCUT2D eigenvalue weighted by molar-refractivity contribution is 5.49. The Labute approximate surface area is 143 Å². The van der Waals surface area contributed by atoms with E-state index in [0.717, 1.165) is 33.4 Å². The number of aryl methyl sites for hydroxylation is 1. The van der Waals surface area contributed by atoms with E-state index >= 15 is 0 Å². The highest BCUT2D eigenvalue weighted by Crippen LogP contribution is 2.17. The SMILES string of the molecule is C=C(/C=C(/C)C(=C)C)C(=C)/C=C(/C)C(=C)C.Cc1ccccc1. The van der Waals surface area contributed by atoms with E-state index in [-0.39, 0.29) is 0 Å². The van der Waals surface area contributed by atoms with Crippen LogP contribution in [0.25, 0.3) is 0 Å². The maximum atomic E-state index is 4.00. The van der Waals surface area contributed by atoms with E-state index in [1.54, 1.807) is 0 Å². The van der Waals surface area contributed by atoms with Crippen LogP contribution in [0.4, 0.5) is 0 Å². The molecule has 0 aliphatic heterocycles. The smallest absolute Gasteiger partial charge is 0.0259 e. The molecule has 0 nitrogen and oxygen atoms in total. The zero-order chi connectivity index (χ0) is 18.0. The lowest BCUT2D eigenvalue weighted by Crippen LogP contribution is -1.85. The van der Waals surface area contributed by atoms with Gasteiger partial charge in [-0.1, -0.05) is 85.5 Å². The van der Waals surface area contributed by atoms with E-state index in [4.69, 9.17) is 0 Å². The molecule has 0 bridgehead atoms. The summed E-state index contributed by atoms with van der Waals surface area (Å²) in [4.78, 5) is 0. The Morgan fingerprint density at radius 1 is 0.696 bits per heavy atom. The van der Waals surface area contributed by atoms with Gasteiger partial charge in [0.2, 0.25) is 0 Å². The van der Waals surface area contributed by atoms with Gasteiger partial charge in [-0.3, -0.25) is 0 Å². The van der Waals surface area contributed by atoms with Gasteiger partial charge in [0.15, 0.2) is 0 Å². The molecule has 1 aromatic rings. The van der Waals surface area contributed by atoms with Gasteiger partial charge in [-0.25, -0.2) is 0 Å². The van der Waals surface area contributed by atoms with Crippen molar-refractivity contribution in [3.05, 3.63) is 108 Å². The van der Waals surface area contributed by atoms with Crippen molar-refractivity contribution in [2.24, 2.45) is 0 Å². The molecule has 0 aromatic heterocycles. The zero-order valence-corrected chi connectivity index (χ0v) is 15.4. The third-order valence-corrected chi connectivity index (χ3v) is 3.48. The van der Waals surface area contributed by atoms with Crippen molar-refractivity contribution in [2.75, 3.05) is 0 Å². The Hall–Kier alpha value is -2.34. The van der Waals surface area contributed by atoms with Gasteiger partial charge >= 0.3 is 0 Å². The number of rotatable bonds is 5. The van der Waals surface area contributed by atoms with E-state index in [1.807, 2.05) is 58.0 Å². The van der Waals surface area contributed by atoms with Crippen LogP contribution in [0.3, 0.4) is 0 Å². The Bertz CT molecular complexity index is 594. The van der Waals surface area contributed by atoms with Gasteiger partial charge in [0.05, 0.1) is 0 Å². The fourth-order valence-electron chi connectivity index (χ4n) is 1.49. The summed E-state index contributed by atoms with van der Waals surface area (Å²) in [7, 11) is 0. The minimum absolute atomic E-state index is 0.918. The molecule has 0 aliphatic carbocycles. The summed E-state index contributed by atoms with van der Waals surface area (Å²) in [5.74, 6) is 0. The van der Waals surface area contributed by atoms with Gasteiger partial charge in [-0.2, -0.15) is 0 Å². The molecule has 0 heteroatoms. The molecule has 1 aromatic carbocycles. The lowest BCUT2D eigenvalue weighted by molar-refractivity contribution is 1.33. The highest BCUT2D eigenvalue weighted by atomic mass is 14.0. The topological polar surface area (TPSA) is 0 Å². The molecular weight excluding hydrogens is 276 g/mol. The first-order valence-electron chi connectivity index (χ1n) is 7.73. The van der Waals surface area contributed by atoms with Crippen molar-refractivity contribution in [3.8, 4) is 0 Å². The molecule has 0 amide bonds. The molecule has 0 N–H and O–H groups in total. The standard InChI is InChI=1S/C16H22.C7H8/c1-11(2)13(5)9-15(7)16(8)10-14(6)12(3)4;1-7-5-3-2-4-6-7/h9-10H,1,3,7-8H2,2,4-6H3;2-6H,1H3/b13-9-,14-10-;. The first-order chi connectivity index (χ1) is 10.6. The fraction of sp³-hybridized carbons (Fsp3) is 0.217. The molecule has 23 heavy (non-hydrogen) atoms. The molecular formula is C23H30. The van der Waals surface area contributed by atoms with Crippen LogP contribution in [-0.2, 0) is 0 Å². The summed E-state index contributed by atoms with van der Waals surface area (Å²) in [6, 6.07) is 10.3. The van der Waals surface area contributed by atoms with E-state index in [1.165, 1.54) is 5.56 Å². The second-order valence-corrected chi connectivity index (χ2v) is 5.92. The predicted octanol–water partition coefficient (Wildman–Crippen LogP) is 7.14. The molecule has 0 radical (unpaired) electrons. The van der Waals surface area contributed by atoms with Crippen LogP contribution in [0.2, 0.25) is 0 Å². The average Bonchev–Trinajstić information content (AvgIpc) is 2.48. The van der Waals surface area contributed by atoms with Gasteiger partial charge in [0, 0.05) is 0 Å². The maximum absolute atomic E-state index is 4.00. The maximum Gasteiger partial charge on any atom is -0.0259 e. The molecule has 0 saturated carbocycles. The number of hydrogen-bond donors (Lipinski definition) is 0. The fourth-order valence-corrected chi connectivity index (χ4v) is 1.49. The Morgan fingerprint density at radius 2 is 1.04 bits per heavy atom. The largest absolute Gasteiger partial charge is 0.0958 e. The quantitative estimate of drug-likeness (QED) is 0.507. The summed E-state index contributed by atoms with van der Waals surface area (Å²) in [5.41, 5.74) is 7.52. The Kier molecular flexibility index (Phi) is 9.34. The lowest BCUT2D eigenvalue weighted by atomic mass is 10.0. The number of allylic oxidation sites excluding steroid dienone is 8. The van der Waals surface area contributed by atoms with Crippen molar-refractivity contribution < 1.29 is 0 Å². The van der Waals surface area contributed by atoms with Crippen LogP contribution in [0.15, 0.2) is 102 Å². The van der Waals surface area contributed by atoms with Crippen molar-refractivity contribution >= 4 is 0 Å². The first kappa shape index (κ1) is 20.7. The van der Waals surface area contributed by atoms with E-state index in [0.29, 0.717) is 0 Å². The molecule has 0 unspecified atom stereocenters. The second-order valence-electron chi connectivity index (χ2n) is 5.92. The molecule has 0 aliphatic rings. The third-order valence-electron chi connectivity index (χ3n) is 3.48. The molecule has 0 fully saturated rings. The van der Waals surface area contributed by atoms with Crippen molar-refractivity contribution in [1.29, 1.82) is 0 Å². The van der Waals surface area contributed by atoms with Crippen LogP contribution >= 0.6 is 0 Å². The van der Waals surface area contributed by atoms with Crippen LogP contribution < -0.4 is 0 Å². The first-order valence-corrected chi connectivity index (χ1v) is 7.73. The molecule has 0 spiro atoms.